The van der Waals surface area contributed by atoms with Crippen molar-refractivity contribution in [2.45, 2.75) is 155 Å². The Hall–Kier alpha value is -1.22. The maximum absolute atomic E-state index is 12.0. The molecule has 1 N–H and O–H groups in total. The molecule has 0 aromatic rings. The minimum absolute atomic E-state index is 0.217. The number of unbranched alkanes of at least 4 members (excludes halogenated alkanes) is 2. The van der Waals surface area contributed by atoms with Crippen LogP contribution in [0.1, 0.15) is 120 Å². The van der Waals surface area contributed by atoms with Crippen molar-refractivity contribution in [1.82, 2.24) is 9.80 Å². The number of nitrogens with zero attached hydrogens (tertiary/aromatic N) is 2. The SMILES string of the molecule is CC(C)(C)OC(=O)N1CCC(O)CC1.CC(C)(C)OC(=O)N1CCC(OCCCCC2(C)OCCO2)CC1.CC1(CCCCBr)OCCO1. The fourth-order valence-corrected chi connectivity index (χ4v) is 6.04. The first kappa shape index (κ1) is 43.9. The van der Waals surface area contributed by atoms with Gasteiger partial charge in [-0.1, -0.05) is 15.9 Å². The van der Waals surface area contributed by atoms with Crippen LogP contribution in [0.4, 0.5) is 9.59 Å². The van der Waals surface area contributed by atoms with E-state index in [0.717, 1.165) is 63.7 Å². The van der Waals surface area contributed by atoms with E-state index < -0.39 is 17.0 Å². The molecule has 4 fully saturated rings. The lowest BCUT2D eigenvalue weighted by molar-refractivity contribution is -0.148. The lowest BCUT2D eigenvalue weighted by atomic mass is 10.1. The number of aliphatic hydroxyl groups excluding tert-OH is 1. The van der Waals surface area contributed by atoms with E-state index in [1.807, 2.05) is 55.4 Å². The molecule has 0 aliphatic carbocycles. The van der Waals surface area contributed by atoms with Crippen LogP contribution in [-0.4, -0.2) is 127 Å². The third-order valence-electron chi connectivity index (χ3n) is 8.40. The number of rotatable bonds is 10. The number of aliphatic hydroxyl groups is 1. The Morgan fingerprint density at radius 2 is 1.08 bits per heavy atom. The van der Waals surface area contributed by atoms with Crippen LogP contribution in [-0.2, 0) is 33.2 Å². The third kappa shape index (κ3) is 19.3. The van der Waals surface area contributed by atoms with E-state index in [0.29, 0.717) is 52.2 Å². The van der Waals surface area contributed by atoms with Gasteiger partial charge in [0, 0.05) is 51.0 Å². The second-order valence-electron chi connectivity index (χ2n) is 15.5. The number of hydrogen-bond acceptors (Lipinski definition) is 10. The Kier molecular flexibility index (Phi) is 19.1. The second kappa shape index (κ2) is 21.3. The minimum atomic E-state index is -0.437. The summed E-state index contributed by atoms with van der Waals surface area (Å²) in [5.41, 5.74) is -0.874. The van der Waals surface area contributed by atoms with Crippen LogP contribution in [0.5, 0.6) is 0 Å². The van der Waals surface area contributed by atoms with Crippen molar-refractivity contribution in [3.63, 3.8) is 0 Å². The average Bonchev–Trinajstić information content (AvgIpc) is 3.65. The Balaban J connectivity index is 0.000000282. The molecule has 0 bridgehead atoms. The monoisotopic (exact) mass is 766 g/mol. The number of alkyl halides is 1. The second-order valence-corrected chi connectivity index (χ2v) is 16.3. The molecule has 0 aromatic heterocycles. The summed E-state index contributed by atoms with van der Waals surface area (Å²) >= 11 is 3.39. The molecule has 13 heteroatoms. The fraction of sp³-hybridized carbons (Fsp3) is 0.944. The predicted octanol–water partition coefficient (Wildman–Crippen LogP) is 7.03. The highest BCUT2D eigenvalue weighted by Gasteiger charge is 2.31. The molecular formula is C36H67BrN2O10. The highest BCUT2D eigenvalue weighted by molar-refractivity contribution is 9.09. The standard InChI is InChI=1S/C18H33NO5.C10H19NO3.C8H15BrO2/c1-17(2,3)24-16(20)19-10-7-15(8-11-19)21-12-6-5-9-18(4)22-13-14-23-18;1-10(2,3)14-9(13)11-6-4-8(12)5-7-11;1-8(4-2-3-5-9)10-6-7-11-8/h15H,5-14H2,1-4H3;8,12H,4-7H2,1-3H3;2-7H2,1H3. The van der Waals surface area contributed by atoms with Gasteiger partial charge in [-0.2, -0.15) is 0 Å². The Morgan fingerprint density at radius 3 is 1.47 bits per heavy atom. The van der Waals surface area contributed by atoms with Gasteiger partial charge in [0.15, 0.2) is 11.6 Å². The summed E-state index contributed by atoms with van der Waals surface area (Å²) in [7, 11) is 0. The van der Waals surface area contributed by atoms with Crippen molar-refractivity contribution in [1.29, 1.82) is 0 Å². The molecule has 4 heterocycles. The van der Waals surface area contributed by atoms with E-state index >= 15 is 0 Å². The number of halogens is 1. The maximum atomic E-state index is 12.0. The van der Waals surface area contributed by atoms with Crippen LogP contribution < -0.4 is 0 Å². The number of hydrogen-bond donors (Lipinski definition) is 1. The van der Waals surface area contributed by atoms with Gasteiger partial charge >= 0.3 is 12.2 Å². The number of likely N-dealkylation sites (tertiary alicyclic amines) is 2. The molecule has 4 rings (SSSR count). The van der Waals surface area contributed by atoms with Crippen LogP contribution in [0, 0.1) is 0 Å². The number of piperidine rings is 2. The zero-order chi connectivity index (χ0) is 36.6. The van der Waals surface area contributed by atoms with Crippen LogP contribution in [0.15, 0.2) is 0 Å². The summed E-state index contributed by atoms with van der Waals surface area (Å²) in [6.45, 7) is 21.5. The van der Waals surface area contributed by atoms with Gasteiger partial charge in [0.1, 0.15) is 11.2 Å². The van der Waals surface area contributed by atoms with Gasteiger partial charge in [0.05, 0.1) is 38.6 Å². The third-order valence-corrected chi connectivity index (χ3v) is 8.96. The van der Waals surface area contributed by atoms with Crippen molar-refractivity contribution in [3.8, 4) is 0 Å². The molecular weight excluding hydrogens is 700 g/mol. The lowest BCUT2D eigenvalue weighted by Crippen LogP contribution is -2.43. The predicted molar refractivity (Wildman–Crippen MR) is 192 cm³/mol. The van der Waals surface area contributed by atoms with Gasteiger partial charge in [0.25, 0.3) is 0 Å². The van der Waals surface area contributed by atoms with Gasteiger partial charge in [0.2, 0.25) is 0 Å². The van der Waals surface area contributed by atoms with E-state index in [1.54, 1.807) is 9.80 Å². The summed E-state index contributed by atoms with van der Waals surface area (Å²) in [6.07, 6.45) is 8.89. The number of ether oxygens (including phenoxy) is 7. The van der Waals surface area contributed by atoms with E-state index in [-0.39, 0.29) is 30.2 Å². The van der Waals surface area contributed by atoms with E-state index in [4.69, 9.17) is 33.2 Å². The van der Waals surface area contributed by atoms with Crippen LogP contribution in [0.3, 0.4) is 0 Å². The van der Waals surface area contributed by atoms with Gasteiger partial charge < -0.3 is 48.1 Å². The summed E-state index contributed by atoms with van der Waals surface area (Å²) < 4.78 is 38.7. The summed E-state index contributed by atoms with van der Waals surface area (Å²) in [4.78, 5) is 27.0. The molecule has 0 saturated carbocycles. The van der Waals surface area contributed by atoms with Crippen molar-refractivity contribution < 1.29 is 47.9 Å². The molecule has 4 aliphatic rings. The molecule has 0 atom stereocenters. The highest BCUT2D eigenvalue weighted by Crippen LogP contribution is 2.26. The smallest absolute Gasteiger partial charge is 0.410 e. The number of amides is 2. The Bertz CT molecular complexity index is 929. The first-order chi connectivity index (χ1) is 22.9. The number of carbonyl (C=O) groups is 2. The molecule has 0 unspecified atom stereocenters. The normalized spacial score (nSPS) is 21.3. The van der Waals surface area contributed by atoms with Crippen molar-refractivity contribution >= 4 is 28.1 Å². The first-order valence-electron chi connectivity index (χ1n) is 18.3. The van der Waals surface area contributed by atoms with Gasteiger partial charge in [-0.3, -0.25) is 0 Å². The van der Waals surface area contributed by atoms with Crippen molar-refractivity contribution in [3.05, 3.63) is 0 Å². The zero-order valence-corrected chi connectivity index (χ0v) is 33.3. The Morgan fingerprint density at radius 1 is 0.694 bits per heavy atom. The molecule has 288 valence electrons. The van der Waals surface area contributed by atoms with Gasteiger partial charge in [-0.15, -0.1) is 0 Å². The molecule has 4 saturated heterocycles. The maximum Gasteiger partial charge on any atom is 0.410 e. The van der Waals surface area contributed by atoms with Crippen LogP contribution in [0.25, 0.3) is 0 Å². The summed E-state index contributed by atoms with van der Waals surface area (Å²) in [5, 5.41) is 10.3. The summed E-state index contributed by atoms with van der Waals surface area (Å²) in [6, 6.07) is 0. The van der Waals surface area contributed by atoms with E-state index in [9.17, 15) is 14.7 Å². The van der Waals surface area contributed by atoms with Crippen LogP contribution >= 0.6 is 15.9 Å². The van der Waals surface area contributed by atoms with Crippen LogP contribution in [0.2, 0.25) is 0 Å². The number of carbonyl (C=O) groups excluding carboxylic acids is 2. The Labute approximate surface area is 304 Å². The van der Waals surface area contributed by atoms with E-state index in [2.05, 4.69) is 15.9 Å². The molecule has 12 nitrogen and oxygen atoms in total. The first-order valence-corrected chi connectivity index (χ1v) is 19.4. The zero-order valence-electron chi connectivity index (χ0n) is 31.7. The molecule has 2 amide bonds. The molecule has 49 heavy (non-hydrogen) atoms. The van der Waals surface area contributed by atoms with E-state index in [1.165, 1.54) is 12.8 Å². The quantitative estimate of drug-likeness (QED) is 0.183. The van der Waals surface area contributed by atoms with Crippen molar-refractivity contribution in [2.24, 2.45) is 0 Å². The average molecular weight is 768 g/mol. The van der Waals surface area contributed by atoms with Gasteiger partial charge in [-0.05, 0) is 107 Å². The molecule has 0 aromatic carbocycles. The highest BCUT2D eigenvalue weighted by atomic mass is 79.9. The lowest BCUT2D eigenvalue weighted by Gasteiger charge is -2.33. The molecule has 0 radical (unpaired) electrons. The molecule has 0 spiro atoms. The minimum Gasteiger partial charge on any atom is -0.444 e. The van der Waals surface area contributed by atoms with Gasteiger partial charge in [-0.25, -0.2) is 9.59 Å². The summed E-state index contributed by atoms with van der Waals surface area (Å²) in [5.74, 6) is -0.666. The van der Waals surface area contributed by atoms with Crippen molar-refractivity contribution in [2.75, 3.05) is 64.5 Å². The topological polar surface area (TPSA) is 125 Å². The fourth-order valence-electron chi connectivity index (χ4n) is 5.65. The molecule has 4 aliphatic heterocycles. The largest absolute Gasteiger partial charge is 0.444 e.